The zero-order valence-electron chi connectivity index (χ0n) is 5.17. The van der Waals surface area contributed by atoms with Gasteiger partial charge in [-0.3, -0.25) is 4.79 Å². The molecule has 0 rings (SSSR count). The maximum atomic E-state index is 11.3. The summed E-state index contributed by atoms with van der Waals surface area (Å²) in [5.74, 6) is -1.28. The summed E-state index contributed by atoms with van der Waals surface area (Å²) in [4.78, 5) is 9.84. The van der Waals surface area contributed by atoms with E-state index >= 15 is 0 Å². The summed E-state index contributed by atoms with van der Waals surface area (Å²) in [6.07, 6.45) is 0. The van der Waals surface area contributed by atoms with Crippen LogP contribution in [0.5, 0.6) is 0 Å². The van der Waals surface area contributed by atoms with Gasteiger partial charge in [-0.2, -0.15) is 8.78 Å². The molecule has 0 saturated carbocycles. The number of carboxylic acids is 1. The molecule has 3 nitrogen and oxygen atoms in total. The molecule has 0 aromatic rings. The van der Waals surface area contributed by atoms with Crippen LogP contribution in [0.4, 0.5) is 8.78 Å². The molecule has 0 aliphatic heterocycles. The predicted molar refractivity (Wildman–Crippen MR) is 33.5 cm³/mol. The second kappa shape index (κ2) is 5.37. The van der Waals surface area contributed by atoms with Crippen LogP contribution in [-0.2, 0) is 4.79 Å². The fourth-order valence-corrected chi connectivity index (χ4v) is 0.260. The highest BCUT2D eigenvalue weighted by atomic mass is 35.5. The first-order chi connectivity index (χ1) is 4.04. The van der Waals surface area contributed by atoms with E-state index in [4.69, 9.17) is 5.11 Å². The molecule has 0 spiro atoms. The molecule has 0 heterocycles. The zero-order chi connectivity index (χ0) is 7.44. The Labute approximate surface area is 62.8 Å². The van der Waals surface area contributed by atoms with Crippen molar-refractivity contribution in [1.29, 1.82) is 0 Å². The van der Waals surface area contributed by atoms with Gasteiger partial charge in [0.2, 0.25) is 0 Å². The molecule has 10 heavy (non-hydrogen) atoms. The van der Waals surface area contributed by atoms with Gasteiger partial charge in [0, 0.05) is 0 Å². The van der Waals surface area contributed by atoms with Crippen molar-refractivity contribution in [3.8, 4) is 0 Å². The third kappa shape index (κ3) is 5.71. The minimum Gasteiger partial charge on any atom is -0.480 e. The zero-order valence-corrected chi connectivity index (χ0v) is 5.99. The van der Waals surface area contributed by atoms with Gasteiger partial charge >= 0.3 is 5.97 Å². The molecule has 6 heteroatoms. The second-order valence-electron chi connectivity index (χ2n) is 1.53. The SMILES string of the molecule is CC(NC(F)F)C(=O)O.Cl. The normalized spacial score (nSPS) is 12.4. The van der Waals surface area contributed by atoms with Crippen LogP contribution in [0.15, 0.2) is 0 Å². The Morgan fingerprint density at radius 3 is 2.10 bits per heavy atom. The van der Waals surface area contributed by atoms with Crippen LogP contribution in [0.25, 0.3) is 0 Å². The molecule has 0 amide bonds. The number of hydrogen-bond acceptors (Lipinski definition) is 2. The van der Waals surface area contributed by atoms with Gasteiger partial charge in [-0.15, -0.1) is 12.4 Å². The molecule has 1 atom stereocenters. The first-order valence-electron chi connectivity index (χ1n) is 2.31. The number of aliphatic carboxylic acids is 1. The molecule has 0 aromatic carbocycles. The summed E-state index contributed by atoms with van der Waals surface area (Å²) in [5.41, 5.74) is 0. The lowest BCUT2D eigenvalue weighted by atomic mass is 10.4. The highest BCUT2D eigenvalue weighted by molar-refractivity contribution is 5.85. The van der Waals surface area contributed by atoms with E-state index in [9.17, 15) is 13.6 Å². The molecule has 2 N–H and O–H groups in total. The summed E-state index contributed by atoms with van der Waals surface area (Å²) >= 11 is 0. The van der Waals surface area contributed by atoms with Crippen LogP contribution in [0.1, 0.15) is 6.92 Å². The maximum Gasteiger partial charge on any atom is 0.320 e. The van der Waals surface area contributed by atoms with Gasteiger partial charge in [0.05, 0.1) is 0 Å². The van der Waals surface area contributed by atoms with Gasteiger partial charge in [0.1, 0.15) is 6.04 Å². The first-order valence-corrected chi connectivity index (χ1v) is 2.31. The molecule has 1 unspecified atom stereocenters. The Morgan fingerprint density at radius 2 is 2.00 bits per heavy atom. The Balaban J connectivity index is 0. The Bertz CT molecular complexity index is 111. The second-order valence-corrected chi connectivity index (χ2v) is 1.53. The first kappa shape index (κ1) is 12.3. The lowest BCUT2D eigenvalue weighted by molar-refractivity contribution is -0.140. The average molecular weight is 176 g/mol. The van der Waals surface area contributed by atoms with Gasteiger partial charge in [0.15, 0.2) is 0 Å². The maximum absolute atomic E-state index is 11.3. The van der Waals surface area contributed by atoms with Gasteiger partial charge in [-0.25, -0.2) is 5.32 Å². The Kier molecular flexibility index (Phi) is 6.59. The lowest BCUT2D eigenvalue weighted by Crippen LogP contribution is -2.36. The summed E-state index contributed by atoms with van der Waals surface area (Å²) in [6.45, 7) is -1.62. The molecular weight excluding hydrogens is 167 g/mol. The van der Waals surface area contributed by atoms with Crippen LogP contribution >= 0.6 is 12.4 Å². The predicted octanol–water partition coefficient (Wildman–Crippen LogP) is 0.694. The molecule has 0 aromatic heterocycles. The van der Waals surface area contributed by atoms with Crippen molar-refractivity contribution < 1.29 is 18.7 Å². The van der Waals surface area contributed by atoms with E-state index in [2.05, 4.69) is 0 Å². The van der Waals surface area contributed by atoms with Crippen LogP contribution in [0, 0.1) is 0 Å². The van der Waals surface area contributed by atoms with Crippen LogP contribution in [-0.4, -0.2) is 23.7 Å². The number of rotatable bonds is 3. The van der Waals surface area contributed by atoms with Crippen molar-refractivity contribution in [2.24, 2.45) is 0 Å². The van der Waals surface area contributed by atoms with Crippen LogP contribution in [0.2, 0.25) is 0 Å². The Hall–Kier alpha value is -0.420. The standard InChI is InChI=1S/C4H7F2NO2.ClH/c1-2(3(8)9)7-4(5)6;/h2,4,7H,1H3,(H,8,9);1H. The minimum atomic E-state index is -2.77. The topological polar surface area (TPSA) is 49.3 Å². The largest absolute Gasteiger partial charge is 0.480 e. The van der Waals surface area contributed by atoms with Gasteiger partial charge in [0.25, 0.3) is 6.55 Å². The monoisotopic (exact) mass is 175 g/mol. The summed E-state index contributed by atoms with van der Waals surface area (Å²) in [6, 6.07) is -1.19. The van der Waals surface area contributed by atoms with Crippen molar-refractivity contribution in [1.82, 2.24) is 5.32 Å². The summed E-state index contributed by atoms with van der Waals surface area (Å²) in [5, 5.41) is 9.54. The number of halogens is 3. The smallest absolute Gasteiger partial charge is 0.320 e. The quantitative estimate of drug-likeness (QED) is 0.621. The van der Waals surface area contributed by atoms with Crippen molar-refractivity contribution >= 4 is 18.4 Å². The number of hydrogen-bond donors (Lipinski definition) is 2. The molecule has 62 valence electrons. The summed E-state index contributed by atoms with van der Waals surface area (Å²) in [7, 11) is 0. The third-order valence-electron chi connectivity index (χ3n) is 0.746. The van der Waals surface area contributed by atoms with Crippen LogP contribution in [0.3, 0.4) is 0 Å². The van der Waals surface area contributed by atoms with Gasteiger partial charge in [-0.05, 0) is 6.92 Å². The third-order valence-corrected chi connectivity index (χ3v) is 0.746. The number of nitrogens with one attached hydrogen (secondary N) is 1. The van der Waals surface area contributed by atoms with Crippen LogP contribution < -0.4 is 5.32 Å². The van der Waals surface area contributed by atoms with E-state index in [0.29, 0.717) is 0 Å². The molecule has 0 saturated heterocycles. The van der Waals surface area contributed by atoms with E-state index in [0.717, 1.165) is 6.92 Å². The highest BCUT2D eigenvalue weighted by Gasteiger charge is 2.13. The van der Waals surface area contributed by atoms with Gasteiger partial charge in [-0.1, -0.05) is 0 Å². The molecule has 0 aliphatic carbocycles. The summed E-state index contributed by atoms with van der Waals surface area (Å²) < 4.78 is 22.5. The molecule has 0 fully saturated rings. The average Bonchev–Trinajstić information content (AvgIpc) is 1.63. The fourth-order valence-electron chi connectivity index (χ4n) is 0.260. The number of alkyl halides is 2. The Morgan fingerprint density at radius 1 is 1.60 bits per heavy atom. The number of carboxylic acid groups (broad SMARTS) is 1. The molecule has 0 radical (unpaired) electrons. The molecule has 0 bridgehead atoms. The van der Waals surface area contributed by atoms with E-state index < -0.39 is 18.6 Å². The van der Waals surface area contributed by atoms with Crippen molar-refractivity contribution in [2.75, 3.05) is 0 Å². The highest BCUT2D eigenvalue weighted by Crippen LogP contribution is 1.89. The van der Waals surface area contributed by atoms with E-state index in [1.807, 2.05) is 0 Å². The molecular formula is C4H8ClF2NO2. The van der Waals surface area contributed by atoms with E-state index in [-0.39, 0.29) is 12.4 Å². The van der Waals surface area contributed by atoms with Crippen molar-refractivity contribution in [3.63, 3.8) is 0 Å². The van der Waals surface area contributed by atoms with Crippen molar-refractivity contribution in [3.05, 3.63) is 0 Å². The minimum absolute atomic E-state index is 0. The fraction of sp³-hybridized carbons (Fsp3) is 0.750. The number of carbonyl (C=O) groups is 1. The van der Waals surface area contributed by atoms with Crippen molar-refractivity contribution in [2.45, 2.75) is 19.5 Å². The van der Waals surface area contributed by atoms with E-state index in [1.165, 1.54) is 5.32 Å². The van der Waals surface area contributed by atoms with E-state index in [1.54, 1.807) is 0 Å². The molecule has 0 aliphatic rings. The van der Waals surface area contributed by atoms with Gasteiger partial charge < -0.3 is 5.11 Å². The lowest BCUT2D eigenvalue weighted by Gasteiger charge is -2.05.